The minimum absolute atomic E-state index is 0.405. The molecule has 78 heavy (non-hydrogen) atoms. The summed E-state index contributed by atoms with van der Waals surface area (Å²) in [4.78, 5) is 0. The monoisotopic (exact) mass is 1030 g/mol. The lowest BCUT2D eigenvalue weighted by Gasteiger charge is -2.23. The van der Waals surface area contributed by atoms with Gasteiger partial charge in [-0.2, -0.15) is 0 Å². The van der Waals surface area contributed by atoms with Gasteiger partial charge in [0.1, 0.15) is 85.6 Å². The van der Waals surface area contributed by atoms with Crippen LogP contribution in [0.4, 0.5) is 0 Å². The lowest BCUT2D eigenvalue weighted by Crippen LogP contribution is -2.30. The number of hydrogen-bond acceptors (Lipinski definition) is 4. The third-order valence-electron chi connectivity index (χ3n) is 14.8. The number of unbranched alkanes of at least 4 members (excludes halogenated alkanes) is 2. The fraction of sp³-hybridized carbons (Fsp3) is 0.229. The molecule has 8 aromatic carbocycles. The van der Waals surface area contributed by atoms with E-state index >= 15 is 0 Å². The minimum Gasteiger partial charge on any atom is -0.488 e. The van der Waals surface area contributed by atoms with Crippen molar-refractivity contribution in [1.29, 1.82) is 0 Å². The van der Waals surface area contributed by atoms with Gasteiger partial charge in [-0.1, -0.05) is 184 Å². The van der Waals surface area contributed by atoms with Crippen molar-refractivity contribution in [3.05, 3.63) is 286 Å². The van der Waals surface area contributed by atoms with Crippen LogP contribution in [0.2, 0.25) is 0 Å². The highest BCUT2D eigenvalue weighted by Crippen LogP contribution is 2.41. The summed E-state index contributed by atoms with van der Waals surface area (Å²) in [6.45, 7) is 8.05. The van der Waals surface area contributed by atoms with Gasteiger partial charge in [0.15, 0.2) is 0 Å². The molecule has 1 aliphatic carbocycles. The number of benzene rings is 8. The first-order chi connectivity index (χ1) is 38.5. The highest BCUT2D eigenvalue weighted by atomic mass is 16.5. The van der Waals surface area contributed by atoms with E-state index in [-0.39, 0.29) is 0 Å². The summed E-state index contributed by atoms with van der Waals surface area (Å²) in [6, 6.07) is 64.5. The number of para-hydroxylation sites is 2. The number of aryl methyl sites for hydroxylation is 2. The smallest absolute Gasteiger partial charge is 0.248 e. The number of nitrogens with zero attached hydrogens (tertiary/aromatic N) is 4. The fourth-order valence-corrected chi connectivity index (χ4v) is 10.6. The Morgan fingerprint density at radius 1 is 0.346 bits per heavy atom. The first-order valence-corrected chi connectivity index (χ1v) is 27.9. The summed E-state index contributed by atoms with van der Waals surface area (Å²) in [7, 11) is 0. The Kier molecular flexibility index (Phi) is 16.5. The summed E-state index contributed by atoms with van der Waals surface area (Å²) in [5.74, 6) is 3.48. The molecule has 8 nitrogen and oxygen atoms in total. The molecule has 0 aliphatic heterocycles. The van der Waals surface area contributed by atoms with E-state index in [0.717, 1.165) is 140 Å². The maximum Gasteiger partial charge on any atom is 0.248 e. The Balaban J connectivity index is 1.16. The van der Waals surface area contributed by atoms with E-state index in [1.807, 2.05) is 0 Å². The van der Waals surface area contributed by atoms with Gasteiger partial charge in [0.2, 0.25) is 12.7 Å². The third-order valence-corrected chi connectivity index (χ3v) is 14.8. The van der Waals surface area contributed by atoms with E-state index < -0.39 is 0 Å². The second kappa shape index (κ2) is 25.0. The van der Waals surface area contributed by atoms with Crippen LogP contribution in [0, 0.1) is 0 Å². The van der Waals surface area contributed by atoms with Gasteiger partial charge in [-0.05, 0) is 81.6 Å². The molecule has 0 spiro atoms. The maximum absolute atomic E-state index is 7.28. The zero-order valence-corrected chi connectivity index (χ0v) is 45.1. The van der Waals surface area contributed by atoms with Gasteiger partial charge >= 0.3 is 0 Å². The molecule has 10 aromatic rings. The van der Waals surface area contributed by atoms with Crippen LogP contribution in [-0.2, 0) is 65.2 Å². The quantitative estimate of drug-likeness (QED) is 0.0714. The van der Waals surface area contributed by atoms with Crippen LogP contribution in [0.15, 0.2) is 219 Å². The summed E-state index contributed by atoms with van der Waals surface area (Å²) in [5.41, 5.74) is 15.1. The van der Waals surface area contributed by atoms with Gasteiger partial charge in [-0.3, -0.25) is 0 Å². The molecular formula is C70H70N4O4+2. The van der Waals surface area contributed by atoms with Crippen LogP contribution in [0.25, 0.3) is 11.4 Å². The van der Waals surface area contributed by atoms with Crippen LogP contribution in [0.1, 0.15) is 106 Å². The number of fused-ring (bicyclic) bond motifs is 8. The van der Waals surface area contributed by atoms with Gasteiger partial charge in [0, 0.05) is 47.9 Å². The number of imidazole rings is 2. The second-order valence-electron chi connectivity index (χ2n) is 20.6. The molecule has 0 unspecified atom stereocenters. The molecule has 0 fully saturated rings. The zero-order valence-electron chi connectivity index (χ0n) is 45.1. The Morgan fingerprint density at radius 2 is 0.628 bits per heavy atom. The summed E-state index contributed by atoms with van der Waals surface area (Å²) < 4.78 is 37.9. The molecule has 2 aromatic heterocycles. The van der Waals surface area contributed by atoms with E-state index in [9.17, 15) is 0 Å². The molecule has 0 atom stereocenters. The second-order valence-corrected chi connectivity index (χ2v) is 20.6. The standard InChI is InChI=1S/C70H70N4O4/c1-3-5-33-71-35-37-73(51-71)65-43-61-40-59-31-19-29-57(67(59)75-47-53-21-11-7-12-22-53)39-58-30-20-32-60(68(58)76-48-54-23-13-8-14-24-54)41-62-44-66(74-38-36-72(52-74)34-6-4-2)46-64(70(62)78-50-56-27-17-10-18-28-56)42-63(45-65)69(61)77-49-55-25-15-9-16-26-55/h7-32,35-38,43-46,51-52H,3-6,33-34,39-42,47-50H2,1-2H3/q+2. The van der Waals surface area contributed by atoms with E-state index in [1.165, 1.54) is 0 Å². The average Bonchev–Trinajstić information content (AvgIpc) is 4.27. The molecule has 0 saturated heterocycles. The van der Waals surface area contributed by atoms with Gasteiger partial charge in [-0.25, -0.2) is 18.3 Å². The summed E-state index contributed by atoms with van der Waals surface area (Å²) in [6.07, 6.45) is 19.9. The van der Waals surface area contributed by atoms with Crippen molar-refractivity contribution in [2.45, 2.75) is 105 Å². The van der Waals surface area contributed by atoms with Gasteiger partial charge in [0.25, 0.3) is 0 Å². The predicted molar refractivity (Wildman–Crippen MR) is 309 cm³/mol. The van der Waals surface area contributed by atoms with Crippen LogP contribution < -0.4 is 28.1 Å². The fourth-order valence-electron chi connectivity index (χ4n) is 10.6. The first kappa shape index (κ1) is 51.5. The number of hydrogen-bond donors (Lipinski definition) is 0. The minimum atomic E-state index is 0.405. The molecule has 0 saturated carbocycles. The van der Waals surface area contributed by atoms with Gasteiger partial charge < -0.3 is 18.9 Å². The van der Waals surface area contributed by atoms with E-state index in [2.05, 4.69) is 252 Å². The molecule has 392 valence electrons. The SMILES string of the molecule is CCCC[n+]1ccn(-c2cc3c(OCc4ccccc4)c(c2)Cc2cc(-n4cc[n+](CCCC)c4)cc(c2OCc2ccccc2)Cc2cccc(c2OCc2ccccc2)Cc2cccc(c2OCc2ccccc2)C3)c1. The van der Waals surface area contributed by atoms with Crippen LogP contribution in [0.3, 0.4) is 0 Å². The molecule has 11 rings (SSSR count). The van der Waals surface area contributed by atoms with E-state index in [4.69, 9.17) is 18.9 Å². The molecule has 8 heteroatoms. The van der Waals surface area contributed by atoms with Crippen molar-refractivity contribution < 1.29 is 28.1 Å². The molecule has 0 amide bonds. The Bertz CT molecular complexity index is 3320. The topological polar surface area (TPSA) is 54.5 Å². The highest BCUT2D eigenvalue weighted by Gasteiger charge is 2.26. The number of aromatic nitrogens is 4. The van der Waals surface area contributed by atoms with Crippen molar-refractivity contribution in [2.24, 2.45) is 0 Å². The van der Waals surface area contributed by atoms with E-state index in [0.29, 0.717) is 52.1 Å². The van der Waals surface area contributed by atoms with Crippen LogP contribution in [0.5, 0.6) is 23.0 Å². The van der Waals surface area contributed by atoms with Crippen molar-refractivity contribution >= 4 is 0 Å². The highest BCUT2D eigenvalue weighted by molar-refractivity contribution is 5.60. The van der Waals surface area contributed by atoms with Gasteiger partial charge in [-0.15, -0.1) is 0 Å². The molecule has 0 N–H and O–H groups in total. The first-order valence-electron chi connectivity index (χ1n) is 27.9. The molecule has 1 aliphatic rings. The Labute approximate surface area is 460 Å². The molecular weight excluding hydrogens is 961 g/mol. The maximum atomic E-state index is 7.28. The molecule has 2 heterocycles. The van der Waals surface area contributed by atoms with Crippen molar-refractivity contribution in [2.75, 3.05) is 0 Å². The van der Waals surface area contributed by atoms with Crippen molar-refractivity contribution in [3.63, 3.8) is 0 Å². The Morgan fingerprint density at radius 3 is 0.936 bits per heavy atom. The number of ether oxygens (including phenoxy) is 4. The lowest BCUT2D eigenvalue weighted by atomic mass is 9.90. The number of rotatable bonds is 20. The third kappa shape index (κ3) is 12.6. The van der Waals surface area contributed by atoms with E-state index in [1.54, 1.807) is 0 Å². The van der Waals surface area contributed by atoms with Crippen molar-refractivity contribution in [1.82, 2.24) is 9.13 Å². The van der Waals surface area contributed by atoms with Gasteiger partial charge in [0.05, 0.1) is 13.1 Å². The van der Waals surface area contributed by atoms with Crippen LogP contribution >= 0.6 is 0 Å². The molecule has 0 radical (unpaired) electrons. The largest absolute Gasteiger partial charge is 0.488 e. The summed E-state index contributed by atoms with van der Waals surface area (Å²) >= 11 is 0. The zero-order chi connectivity index (χ0) is 52.9. The normalized spacial score (nSPS) is 12.0. The average molecular weight is 1030 g/mol. The Hall–Kier alpha value is -8.62. The van der Waals surface area contributed by atoms with Crippen molar-refractivity contribution in [3.8, 4) is 34.4 Å². The van der Waals surface area contributed by atoms with Crippen LogP contribution in [-0.4, -0.2) is 9.13 Å². The predicted octanol–water partition coefficient (Wildman–Crippen LogP) is 14.4. The summed E-state index contributed by atoms with van der Waals surface area (Å²) in [5, 5.41) is 0. The lowest BCUT2D eigenvalue weighted by molar-refractivity contribution is -0.696. The molecule has 8 bridgehead atoms.